The van der Waals surface area contributed by atoms with Crippen molar-refractivity contribution >= 4 is 10.0 Å². The van der Waals surface area contributed by atoms with Crippen LogP contribution in [0, 0.1) is 23.6 Å². The molecule has 0 amide bonds. The number of benzene rings is 1. The summed E-state index contributed by atoms with van der Waals surface area (Å²) in [5.41, 5.74) is 5.38. The van der Waals surface area contributed by atoms with Crippen LogP contribution in [0.25, 0.3) is 0 Å². The molecule has 102 valence electrons. The highest BCUT2D eigenvalue weighted by atomic mass is 32.2. The fourth-order valence-electron chi connectivity index (χ4n) is 1.61. The molecule has 0 atom stereocenters. The van der Waals surface area contributed by atoms with Crippen molar-refractivity contribution in [1.29, 1.82) is 0 Å². The molecule has 0 bridgehead atoms. The molecule has 0 unspecified atom stereocenters. The molecular weight excluding hydrogens is 267 g/mol. The lowest BCUT2D eigenvalue weighted by atomic mass is 10.2. The summed E-state index contributed by atoms with van der Waals surface area (Å²) in [5, 5.41) is 0. The van der Waals surface area contributed by atoms with Gasteiger partial charge in [0.25, 0.3) is 0 Å². The van der Waals surface area contributed by atoms with Gasteiger partial charge in [-0.1, -0.05) is 11.8 Å². The molecule has 0 aromatic heterocycles. The van der Waals surface area contributed by atoms with Crippen LogP contribution in [0.15, 0.2) is 23.1 Å². The van der Waals surface area contributed by atoms with E-state index in [0.717, 1.165) is 25.0 Å². The zero-order valence-electron chi connectivity index (χ0n) is 10.3. The second kappa shape index (κ2) is 5.70. The van der Waals surface area contributed by atoms with Gasteiger partial charge in [0, 0.05) is 12.1 Å². The van der Waals surface area contributed by atoms with Crippen molar-refractivity contribution in [3.8, 4) is 11.8 Å². The van der Waals surface area contributed by atoms with Crippen LogP contribution in [-0.2, 0) is 10.0 Å². The van der Waals surface area contributed by atoms with Crippen molar-refractivity contribution in [1.82, 2.24) is 4.72 Å². The molecule has 0 radical (unpaired) electrons. The highest BCUT2D eigenvalue weighted by Crippen LogP contribution is 2.28. The third kappa shape index (κ3) is 3.77. The Morgan fingerprint density at radius 3 is 2.79 bits per heavy atom. The molecule has 1 aliphatic carbocycles. The Hall–Kier alpha value is -1.42. The van der Waals surface area contributed by atoms with Crippen LogP contribution in [0.4, 0.5) is 4.39 Å². The highest BCUT2D eigenvalue weighted by molar-refractivity contribution is 7.89. The molecule has 1 aromatic carbocycles. The fourth-order valence-corrected chi connectivity index (χ4v) is 2.87. The van der Waals surface area contributed by atoms with Gasteiger partial charge in [0.2, 0.25) is 10.0 Å². The van der Waals surface area contributed by atoms with Crippen molar-refractivity contribution in [2.75, 3.05) is 13.1 Å². The normalized spacial score (nSPS) is 14.8. The summed E-state index contributed by atoms with van der Waals surface area (Å²) in [6.45, 7) is 0.509. The first-order valence-electron chi connectivity index (χ1n) is 6.01. The third-order valence-corrected chi connectivity index (χ3v) is 4.30. The lowest BCUT2D eigenvalue weighted by Crippen LogP contribution is -2.26. The molecule has 3 N–H and O–H groups in total. The standard InChI is InChI=1S/C13H15FN2O2S/c14-12-5-6-13(11(8-12)2-1-7-15)19(17,18)16-9-10-3-4-10/h5-6,8,10,16H,3-4,7,9,15H2. The van der Waals surface area contributed by atoms with Gasteiger partial charge in [-0.25, -0.2) is 17.5 Å². The van der Waals surface area contributed by atoms with Gasteiger partial charge in [0.15, 0.2) is 0 Å². The lowest BCUT2D eigenvalue weighted by molar-refractivity contribution is 0.576. The zero-order valence-corrected chi connectivity index (χ0v) is 11.1. The van der Waals surface area contributed by atoms with Gasteiger partial charge in [-0.3, -0.25) is 0 Å². The molecule has 0 heterocycles. The van der Waals surface area contributed by atoms with Gasteiger partial charge >= 0.3 is 0 Å². The molecule has 1 saturated carbocycles. The maximum absolute atomic E-state index is 13.2. The predicted octanol–water partition coefficient (Wildman–Crippen LogP) is 0.824. The summed E-state index contributed by atoms with van der Waals surface area (Å²) in [6, 6.07) is 3.44. The van der Waals surface area contributed by atoms with Gasteiger partial charge in [0.05, 0.1) is 11.4 Å². The van der Waals surface area contributed by atoms with Gasteiger partial charge in [-0.05, 0) is 37.0 Å². The van der Waals surface area contributed by atoms with Gasteiger partial charge in [-0.2, -0.15) is 0 Å². The van der Waals surface area contributed by atoms with E-state index in [1.54, 1.807) is 0 Å². The zero-order chi connectivity index (χ0) is 13.9. The van der Waals surface area contributed by atoms with Crippen LogP contribution in [0.3, 0.4) is 0 Å². The summed E-state index contributed by atoms with van der Waals surface area (Å²) in [4.78, 5) is -0.00417. The fraction of sp³-hybridized carbons (Fsp3) is 0.385. The number of halogens is 1. The van der Waals surface area contributed by atoms with Gasteiger partial charge in [0.1, 0.15) is 5.82 Å². The number of rotatable bonds is 4. The lowest BCUT2D eigenvalue weighted by Gasteiger charge is -2.08. The molecule has 6 heteroatoms. The molecule has 1 fully saturated rings. The number of nitrogens with two attached hydrogens (primary N) is 1. The van der Waals surface area contributed by atoms with Crippen molar-refractivity contribution in [2.45, 2.75) is 17.7 Å². The third-order valence-electron chi connectivity index (χ3n) is 2.82. The molecule has 0 aliphatic heterocycles. The minimum absolute atomic E-state index is 0.00417. The molecule has 19 heavy (non-hydrogen) atoms. The molecule has 0 spiro atoms. The summed E-state index contributed by atoms with van der Waals surface area (Å²) in [6.07, 6.45) is 2.09. The summed E-state index contributed by atoms with van der Waals surface area (Å²) in [7, 11) is -3.65. The van der Waals surface area contributed by atoms with E-state index in [9.17, 15) is 12.8 Å². The quantitative estimate of drug-likeness (QED) is 0.803. The van der Waals surface area contributed by atoms with Crippen molar-refractivity contribution in [3.63, 3.8) is 0 Å². The van der Waals surface area contributed by atoms with E-state index in [2.05, 4.69) is 16.6 Å². The first kappa shape index (κ1) is 14.0. The minimum atomic E-state index is -3.65. The number of sulfonamides is 1. The Morgan fingerprint density at radius 2 is 2.16 bits per heavy atom. The molecule has 1 aromatic rings. The highest BCUT2D eigenvalue weighted by Gasteiger charge is 2.25. The van der Waals surface area contributed by atoms with E-state index >= 15 is 0 Å². The summed E-state index contributed by atoms with van der Waals surface area (Å²) in [5.74, 6) is 5.03. The Balaban J connectivity index is 2.30. The number of hydrogen-bond acceptors (Lipinski definition) is 3. The van der Waals surface area contributed by atoms with Crippen LogP contribution in [0.5, 0.6) is 0 Å². The van der Waals surface area contributed by atoms with Crippen LogP contribution >= 0.6 is 0 Å². The second-order valence-corrected chi connectivity index (χ2v) is 6.18. The maximum Gasteiger partial charge on any atom is 0.241 e. The first-order valence-corrected chi connectivity index (χ1v) is 7.49. The Kier molecular flexibility index (Phi) is 4.20. The van der Waals surface area contributed by atoms with Crippen LogP contribution < -0.4 is 10.5 Å². The van der Waals surface area contributed by atoms with E-state index in [1.165, 1.54) is 6.07 Å². The van der Waals surface area contributed by atoms with Crippen molar-refractivity contribution < 1.29 is 12.8 Å². The SMILES string of the molecule is NCC#Cc1cc(F)ccc1S(=O)(=O)NCC1CC1. The first-order chi connectivity index (χ1) is 9.03. The average Bonchev–Trinajstić information content (AvgIpc) is 3.18. The van der Waals surface area contributed by atoms with Gasteiger partial charge < -0.3 is 5.73 Å². The Bertz CT molecular complexity index is 628. The maximum atomic E-state index is 13.2. The van der Waals surface area contributed by atoms with Crippen molar-refractivity contribution in [3.05, 3.63) is 29.6 Å². The van der Waals surface area contributed by atoms with E-state index < -0.39 is 15.8 Å². The monoisotopic (exact) mass is 282 g/mol. The summed E-state index contributed by atoms with van der Waals surface area (Å²) < 4.78 is 40.0. The summed E-state index contributed by atoms with van der Waals surface area (Å²) >= 11 is 0. The Morgan fingerprint density at radius 1 is 1.42 bits per heavy atom. The van der Waals surface area contributed by atoms with Crippen LogP contribution in [0.1, 0.15) is 18.4 Å². The van der Waals surface area contributed by atoms with E-state index in [-0.39, 0.29) is 17.0 Å². The number of nitrogens with one attached hydrogen (secondary N) is 1. The molecule has 4 nitrogen and oxygen atoms in total. The van der Waals surface area contributed by atoms with Crippen LogP contribution in [0.2, 0.25) is 0 Å². The second-order valence-electron chi connectivity index (χ2n) is 4.44. The largest absolute Gasteiger partial charge is 0.320 e. The van der Waals surface area contributed by atoms with Crippen molar-refractivity contribution in [2.24, 2.45) is 11.7 Å². The number of hydrogen-bond donors (Lipinski definition) is 2. The predicted molar refractivity (Wildman–Crippen MR) is 70.2 cm³/mol. The molecule has 1 aliphatic rings. The minimum Gasteiger partial charge on any atom is -0.320 e. The molecule has 2 rings (SSSR count). The molecular formula is C13H15FN2O2S. The van der Waals surface area contributed by atoms with E-state index in [1.807, 2.05) is 0 Å². The average molecular weight is 282 g/mol. The van der Waals surface area contributed by atoms with E-state index in [4.69, 9.17) is 5.73 Å². The van der Waals surface area contributed by atoms with E-state index in [0.29, 0.717) is 12.5 Å². The Labute approximate surface area is 112 Å². The smallest absolute Gasteiger partial charge is 0.241 e. The topological polar surface area (TPSA) is 72.2 Å². The van der Waals surface area contributed by atoms with Crippen LogP contribution in [-0.4, -0.2) is 21.5 Å². The molecule has 0 saturated heterocycles. The van der Waals surface area contributed by atoms with Gasteiger partial charge in [-0.15, -0.1) is 0 Å².